The number of nitrogens with one attached hydrogen (secondary N) is 1. The highest BCUT2D eigenvalue weighted by atomic mass is 16.2. The first-order valence-electron chi connectivity index (χ1n) is 8.79. The van der Waals surface area contributed by atoms with E-state index >= 15 is 0 Å². The lowest BCUT2D eigenvalue weighted by molar-refractivity contribution is -0.134. The third-order valence-corrected chi connectivity index (χ3v) is 5.86. The molecule has 0 aromatic carbocycles. The minimum atomic E-state index is 0.0833. The van der Waals surface area contributed by atoms with Gasteiger partial charge in [0.15, 0.2) is 0 Å². The van der Waals surface area contributed by atoms with Gasteiger partial charge in [0.25, 0.3) is 0 Å². The summed E-state index contributed by atoms with van der Waals surface area (Å²) >= 11 is 0. The summed E-state index contributed by atoms with van der Waals surface area (Å²) in [7, 11) is 0. The van der Waals surface area contributed by atoms with Crippen LogP contribution in [0.3, 0.4) is 0 Å². The molecule has 0 aromatic heterocycles. The van der Waals surface area contributed by atoms with E-state index in [-0.39, 0.29) is 6.04 Å². The smallest absolute Gasteiger partial charge is 0.241 e. The molecule has 0 bridgehead atoms. The zero-order valence-corrected chi connectivity index (χ0v) is 13.1. The summed E-state index contributed by atoms with van der Waals surface area (Å²) in [4.78, 5) is 15.0. The molecule has 1 amide bonds. The summed E-state index contributed by atoms with van der Waals surface area (Å²) in [5.41, 5.74) is 0. The summed E-state index contributed by atoms with van der Waals surface area (Å²) in [6, 6.07) is 0.591. The first-order chi connectivity index (χ1) is 9.70. The van der Waals surface area contributed by atoms with Crippen molar-refractivity contribution in [2.45, 2.75) is 89.9 Å². The number of rotatable bonds is 3. The van der Waals surface area contributed by atoms with Crippen molar-refractivity contribution in [2.75, 3.05) is 0 Å². The Morgan fingerprint density at radius 2 is 1.75 bits per heavy atom. The van der Waals surface area contributed by atoms with Crippen molar-refractivity contribution >= 4 is 5.91 Å². The van der Waals surface area contributed by atoms with Crippen molar-refractivity contribution in [2.24, 2.45) is 11.8 Å². The van der Waals surface area contributed by atoms with Crippen LogP contribution < -0.4 is 5.32 Å². The first-order valence-corrected chi connectivity index (χ1v) is 8.79. The number of amides is 1. The summed E-state index contributed by atoms with van der Waals surface area (Å²) in [6.07, 6.45) is 11.6. The fourth-order valence-corrected chi connectivity index (χ4v) is 4.53. The Labute approximate surface area is 123 Å². The number of hydrogen-bond donors (Lipinski definition) is 1. The SMILES string of the molecule is CCC1NC(C2CCCC2)N(C2CCC(C)CC2)C1=O. The highest BCUT2D eigenvalue weighted by Gasteiger charge is 2.45. The zero-order chi connectivity index (χ0) is 14.1. The van der Waals surface area contributed by atoms with Crippen molar-refractivity contribution in [3.8, 4) is 0 Å². The van der Waals surface area contributed by atoms with E-state index in [1.807, 2.05) is 0 Å². The molecule has 1 saturated heterocycles. The number of carbonyl (C=O) groups excluding carboxylic acids is 1. The monoisotopic (exact) mass is 278 g/mol. The first kappa shape index (κ1) is 14.4. The third kappa shape index (κ3) is 2.61. The van der Waals surface area contributed by atoms with Crippen molar-refractivity contribution in [1.29, 1.82) is 0 Å². The van der Waals surface area contributed by atoms with Crippen LogP contribution in [0.15, 0.2) is 0 Å². The van der Waals surface area contributed by atoms with Gasteiger partial charge in [0.1, 0.15) is 0 Å². The molecule has 2 aliphatic carbocycles. The molecule has 3 fully saturated rings. The van der Waals surface area contributed by atoms with E-state index in [1.165, 1.54) is 51.4 Å². The lowest BCUT2D eigenvalue weighted by Crippen LogP contribution is -2.49. The highest BCUT2D eigenvalue weighted by molar-refractivity contribution is 5.84. The average molecular weight is 278 g/mol. The van der Waals surface area contributed by atoms with Crippen LogP contribution in [0.2, 0.25) is 0 Å². The van der Waals surface area contributed by atoms with Crippen molar-refractivity contribution in [1.82, 2.24) is 10.2 Å². The van der Waals surface area contributed by atoms with E-state index in [1.54, 1.807) is 0 Å². The molecule has 3 rings (SSSR count). The van der Waals surface area contributed by atoms with Crippen LogP contribution in [0.1, 0.15) is 71.6 Å². The Balaban J connectivity index is 1.74. The maximum atomic E-state index is 12.7. The molecule has 0 spiro atoms. The Kier molecular flexibility index (Phi) is 4.34. The summed E-state index contributed by atoms with van der Waals surface area (Å²) in [6.45, 7) is 4.48. The lowest BCUT2D eigenvalue weighted by atomic mass is 9.86. The molecule has 3 aliphatic rings. The molecule has 2 atom stereocenters. The maximum Gasteiger partial charge on any atom is 0.241 e. The van der Waals surface area contributed by atoms with Crippen molar-refractivity contribution < 1.29 is 4.79 Å². The molecule has 1 N–H and O–H groups in total. The number of carbonyl (C=O) groups is 1. The molecule has 20 heavy (non-hydrogen) atoms. The lowest BCUT2D eigenvalue weighted by Gasteiger charge is -2.39. The Hall–Kier alpha value is -0.570. The van der Waals surface area contributed by atoms with Crippen LogP contribution in [0.25, 0.3) is 0 Å². The van der Waals surface area contributed by atoms with E-state index in [9.17, 15) is 4.79 Å². The second-order valence-electron chi connectivity index (χ2n) is 7.28. The van der Waals surface area contributed by atoms with Gasteiger partial charge in [-0.3, -0.25) is 10.1 Å². The zero-order valence-electron chi connectivity index (χ0n) is 13.1. The van der Waals surface area contributed by atoms with Gasteiger partial charge in [-0.15, -0.1) is 0 Å². The fraction of sp³-hybridized carbons (Fsp3) is 0.941. The molecule has 114 valence electrons. The second-order valence-corrected chi connectivity index (χ2v) is 7.28. The van der Waals surface area contributed by atoms with Crippen molar-refractivity contribution in [3.05, 3.63) is 0 Å². The molecule has 0 aromatic rings. The van der Waals surface area contributed by atoms with E-state index in [4.69, 9.17) is 0 Å². The van der Waals surface area contributed by atoms with Crippen LogP contribution in [0.5, 0.6) is 0 Å². The predicted molar refractivity (Wildman–Crippen MR) is 81.2 cm³/mol. The quantitative estimate of drug-likeness (QED) is 0.859. The minimum absolute atomic E-state index is 0.0833. The Morgan fingerprint density at radius 3 is 2.35 bits per heavy atom. The molecule has 1 aliphatic heterocycles. The van der Waals surface area contributed by atoms with Gasteiger partial charge >= 0.3 is 0 Å². The van der Waals surface area contributed by atoms with E-state index in [0.29, 0.717) is 24.0 Å². The molecule has 3 nitrogen and oxygen atoms in total. The maximum absolute atomic E-state index is 12.7. The second kappa shape index (κ2) is 6.05. The van der Waals surface area contributed by atoms with E-state index in [0.717, 1.165) is 12.3 Å². The Bertz CT molecular complexity index is 343. The molecular weight excluding hydrogens is 248 g/mol. The normalized spacial score (nSPS) is 39.7. The van der Waals surface area contributed by atoms with Gasteiger partial charge in [-0.2, -0.15) is 0 Å². The molecule has 2 unspecified atom stereocenters. The van der Waals surface area contributed by atoms with Crippen LogP contribution in [0.4, 0.5) is 0 Å². The summed E-state index contributed by atoms with van der Waals surface area (Å²) in [5.74, 6) is 1.95. The van der Waals surface area contributed by atoms with Gasteiger partial charge in [-0.25, -0.2) is 0 Å². The van der Waals surface area contributed by atoms with Gasteiger partial charge in [0.2, 0.25) is 5.91 Å². The highest BCUT2D eigenvalue weighted by Crippen LogP contribution is 2.37. The van der Waals surface area contributed by atoms with Gasteiger partial charge in [-0.1, -0.05) is 26.7 Å². The van der Waals surface area contributed by atoms with Crippen LogP contribution >= 0.6 is 0 Å². The number of nitrogens with zero attached hydrogens (tertiary/aromatic N) is 1. The number of hydrogen-bond acceptors (Lipinski definition) is 2. The van der Waals surface area contributed by atoms with Crippen LogP contribution in [0, 0.1) is 11.8 Å². The van der Waals surface area contributed by atoms with Crippen molar-refractivity contribution in [3.63, 3.8) is 0 Å². The topological polar surface area (TPSA) is 32.3 Å². The Morgan fingerprint density at radius 1 is 1.10 bits per heavy atom. The molecule has 0 radical (unpaired) electrons. The van der Waals surface area contributed by atoms with Gasteiger partial charge in [0, 0.05) is 6.04 Å². The standard InChI is InChI=1S/C17H30N2O/c1-3-15-17(20)19(14-10-8-12(2)9-11-14)16(18-15)13-6-4-5-7-13/h12-16,18H,3-11H2,1-2H3. The minimum Gasteiger partial charge on any atom is -0.323 e. The largest absolute Gasteiger partial charge is 0.323 e. The van der Waals surface area contributed by atoms with E-state index in [2.05, 4.69) is 24.1 Å². The molecular formula is C17H30N2O. The van der Waals surface area contributed by atoms with E-state index < -0.39 is 0 Å². The molecule has 1 heterocycles. The molecule has 2 saturated carbocycles. The average Bonchev–Trinajstić information content (AvgIpc) is 3.07. The van der Waals surface area contributed by atoms with Gasteiger partial charge in [0.05, 0.1) is 12.2 Å². The van der Waals surface area contributed by atoms with Crippen LogP contribution in [-0.2, 0) is 4.79 Å². The molecule has 3 heteroatoms. The summed E-state index contributed by atoms with van der Waals surface area (Å²) < 4.78 is 0. The van der Waals surface area contributed by atoms with Gasteiger partial charge < -0.3 is 4.90 Å². The summed E-state index contributed by atoms with van der Waals surface area (Å²) in [5, 5.41) is 3.67. The predicted octanol–water partition coefficient (Wildman–Crippen LogP) is 3.29. The fourth-order valence-electron chi connectivity index (χ4n) is 4.53. The van der Waals surface area contributed by atoms with Gasteiger partial charge in [-0.05, 0) is 56.8 Å². The van der Waals surface area contributed by atoms with Crippen LogP contribution in [-0.4, -0.2) is 29.1 Å². The third-order valence-electron chi connectivity index (χ3n) is 5.86.